The summed E-state index contributed by atoms with van der Waals surface area (Å²) in [5.74, 6) is -9.54. The van der Waals surface area contributed by atoms with Gasteiger partial charge in [-0.3, -0.25) is 0 Å². The highest BCUT2D eigenvalue weighted by Gasteiger charge is 2.25. The van der Waals surface area contributed by atoms with Gasteiger partial charge in [-0.15, -0.1) is 0 Å². The molecule has 0 aromatic heterocycles. The molecule has 0 heterocycles. The van der Waals surface area contributed by atoms with E-state index in [-0.39, 0.29) is 18.9 Å². The van der Waals surface area contributed by atoms with E-state index in [2.05, 4.69) is 0 Å². The molecule has 0 fully saturated rings. The second-order valence-corrected chi connectivity index (χ2v) is 3.56. The molecule has 0 aliphatic rings. The van der Waals surface area contributed by atoms with E-state index in [0.29, 0.717) is 0 Å². The first-order valence-corrected chi connectivity index (χ1v) is 4.62. The van der Waals surface area contributed by atoms with Gasteiger partial charge in [-0.25, -0.2) is 22.0 Å². The van der Waals surface area contributed by atoms with E-state index in [1.54, 1.807) is 6.92 Å². The molecule has 1 unspecified atom stereocenters. The molecule has 0 spiro atoms. The lowest BCUT2D eigenvalue weighted by Crippen LogP contribution is -2.17. The van der Waals surface area contributed by atoms with Crippen molar-refractivity contribution in [1.29, 1.82) is 0 Å². The lowest BCUT2D eigenvalue weighted by atomic mass is 10.0. The van der Waals surface area contributed by atoms with Crippen molar-refractivity contribution in [3.63, 3.8) is 0 Å². The maximum absolute atomic E-state index is 13.1. The topological polar surface area (TPSA) is 26.0 Å². The second-order valence-electron chi connectivity index (χ2n) is 3.56. The molecular weight excluding hydrogens is 229 g/mol. The predicted octanol–water partition coefficient (Wildman–Crippen LogP) is 2.66. The Kier molecular flexibility index (Phi) is 3.85. The van der Waals surface area contributed by atoms with Crippen LogP contribution < -0.4 is 5.73 Å². The molecule has 2 N–H and O–H groups in total. The first kappa shape index (κ1) is 12.9. The molecular formula is C10H10F5N. The fraction of sp³-hybridized carbons (Fsp3) is 0.400. The lowest BCUT2D eigenvalue weighted by Gasteiger charge is -2.09. The van der Waals surface area contributed by atoms with Gasteiger partial charge in [-0.2, -0.15) is 0 Å². The highest BCUT2D eigenvalue weighted by molar-refractivity contribution is 5.24. The molecule has 1 rings (SSSR count). The third-order valence-electron chi connectivity index (χ3n) is 2.15. The summed E-state index contributed by atoms with van der Waals surface area (Å²) >= 11 is 0. The van der Waals surface area contributed by atoms with Crippen LogP contribution in [0.3, 0.4) is 0 Å². The lowest BCUT2D eigenvalue weighted by molar-refractivity contribution is 0.368. The molecule has 0 aliphatic carbocycles. The summed E-state index contributed by atoms with van der Waals surface area (Å²) in [6.45, 7) is 1.58. The van der Waals surface area contributed by atoms with Gasteiger partial charge >= 0.3 is 0 Å². The second kappa shape index (κ2) is 4.78. The Hall–Kier alpha value is -1.17. The van der Waals surface area contributed by atoms with E-state index >= 15 is 0 Å². The maximum atomic E-state index is 13.1. The van der Waals surface area contributed by atoms with Crippen LogP contribution in [0, 0.1) is 29.1 Å². The van der Waals surface area contributed by atoms with Gasteiger partial charge in [0.2, 0.25) is 5.82 Å². The number of hydrogen-bond donors (Lipinski definition) is 1. The largest absolute Gasteiger partial charge is 0.328 e. The zero-order valence-electron chi connectivity index (χ0n) is 8.46. The quantitative estimate of drug-likeness (QED) is 0.490. The Morgan fingerprint density at radius 1 is 0.875 bits per heavy atom. The van der Waals surface area contributed by atoms with Crippen LogP contribution in [0.1, 0.15) is 18.9 Å². The molecule has 1 aromatic rings. The fourth-order valence-electron chi connectivity index (χ4n) is 1.24. The van der Waals surface area contributed by atoms with Crippen molar-refractivity contribution in [2.24, 2.45) is 5.73 Å². The number of benzene rings is 1. The molecule has 0 radical (unpaired) electrons. The van der Waals surface area contributed by atoms with Crippen LogP contribution in [0.15, 0.2) is 0 Å². The minimum absolute atomic E-state index is 0.137. The standard InChI is InChI=1S/C10H10F5N/c1-4(16)2-3-5-6(11)8(13)10(15)9(14)7(5)12/h4H,2-3,16H2,1H3. The van der Waals surface area contributed by atoms with Gasteiger partial charge in [0.15, 0.2) is 23.3 Å². The summed E-state index contributed by atoms with van der Waals surface area (Å²) in [7, 11) is 0. The van der Waals surface area contributed by atoms with Crippen LogP contribution in [0.2, 0.25) is 0 Å². The Bertz CT molecular complexity index is 374. The molecule has 0 aliphatic heterocycles. The van der Waals surface area contributed by atoms with E-state index in [1.165, 1.54) is 0 Å². The first-order chi connectivity index (χ1) is 7.36. The summed E-state index contributed by atoms with van der Waals surface area (Å²) in [4.78, 5) is 0. The van der Waals surface area contributed by atoms with Crippen LogP contribution in [-0.2, 0) is 6.42 Å². The zero-order valence-corrected chi connectivity index (χ0v) is 8.46. The Morgan fingerprint density at radius 3 is 1.62 bits per heavy atom. The van der Waals surface area contributed by atoms with E-state index in [0.717, 1.165) is 0 Å². The number of halogens is 5. The molecule has 1 aromatic carbocycles. The molecule has 90 valence electrons. The number of nitrogens with two attached hydrogens (primary N) is 1. The van der Waals surface area contributed by atoms with E-state index in [9.17, 15) is 22.0 Å². The highest BCUT2D eigenvalue weighted by atomic mass is 19.2. The molecule has 16 heavy (non-hydrogen) atoms. The predicted molar refractivity (Wildman–Crippen MR) is 48.2 cm³/mol. The Labute approximate surface area is 89.1 Å². The summed E-state index contributed by atoms with van der Waals surface area (Å²) in [5, 5.41) is 0. The SMILES string of the molecule is CC(N)CCc1c(F)c(F)c(F)c(F)c1F. The van der Waals surface area contributed by atoms with Crippen molar-refractivity contribution in [2.75, 3.05) is 0 Å². The summed E-state index contributed by atoms with van der Waals surface area (Å²) in [6.07, 6.45) is -0.151. The number of hydrogen-bond acceptors (Lipinski definition) is 1. The third kappa shape index (κ3) is 2.32. The van der Waals surface area contributed by atoms with E-state index in [4.69, 9.17) is 5.73 Å². The summed E-state index contributed by atoms with van der Waals surface area (Å²) in [6, 6.07) is -0.380. The average molecular weight is 239 g/mol. The van der Waals surface area contributed by atoms with Gasteiger partial charge in [-0.1, -0.05) is 0 Å². The molecule has 0 saturated carbocycles. The van der Waals surface area contributed by atoms with Crippen molar-refractivity contribution in [2.45, 2.75) is 25.8 Å². The molecule has 6 heteroatoms. The molecule has 0 saturated heterocycles. The van der Waals surface area contributed by atoms with Crippen molar-refractivity contribution in [3.8, 4) is 0 Å². The molecule has 0 bridgehead atoms. The van der Waals surface area contributed by atoms with Gasteiger partial charge in [0.05, 0.1) is 0 Å². The number of rotatable bonds is 3. The average Bonchev–Trinajstić information content (AvgIpc) is 2.23. The summed E-state index contributed by atoms with van der Waals surface area (Å²) < 4.78 is 64.3. The highest BCUT2D eigenvalue weighted by Crippen LogP contribution is 2.24. The van der Waals surface area contributed by atoms with Gasteiger partial charge in [0, 0.05) is 11.6 Å². The third-order valence-corrected chi connectivity index (χ3v) is 2.15. The van der Waals surface area contributed by atoms with Crippen LogP contribution in [0.4, 0.5) is 22.0 Å². The zero-order chi connectivity index (χ0) is 12.5. The fourth-order valence-corrected chi connectivity index (χ4v) is 1.24. The van der Waals surface area contributed by atoms with E-state index in [1.807, 2.05) is 0 Å². The Balaban J connectivity index is 3.18. The first-order valence-electron chi connectivity index (χ1n) is 4.62. The summed E-state index contributed by atoms with van der Waals surface area (Å²) in [5.41, 5.74) is 4.53. The van der Waals surface area contributed by atoms with Gasteiger partial charge < -0.3 is 5.73 Å². The van der Waals surface area contributed by atoms with Crippen LogP contribution >= 0.6 is 0 Å². The molecule has 0 amide bonds. The van der Waals surface area contributed by atoms with Gasteiger partial charge in [0.25, 0.3) is 0 Å². The van der Waals surface area contributed by atoms with Gasteiger partial charge in [-0.05, 0) is 19.8 Å². The van der Waals surface area contributed by atoms with Crippen molar-refractivity contribution < 1.29 is 22.0 Å². The van der Waals surface area contributed by atoms with Crippen LogP contribution in [-0.4, -0.2) is 6.04 Å². The smallest absolute Gasteiger partial charge is 0.200 e. The van der Waals surface area contributed by atoms with Crippen LogP contribution in [0.5, 0.6) is 0 Å². The maximum Gasteiger partial charge on any atom is 0.200 e. The monoisotopic (exact) mass is 239 g/mol. The molecule has 1 nitrogen and oxygen atoms in total. The van der Waals surface area contributed by atoms with Crippen molar-refractivity contribution in [1.82, 2.24) is 0 Å². The molecule has 1 atom stereocenters. The normalized spacial score (nSPS) is 12.9. The van der Waals surface area contributed by atoms with Crippen molar-refractivity contribution in [3.05, 3.63) is 34.6 Å². The van der Waals surface area contributed by atoms with Gasteiger partial charge in [0.1, 0.15) is 0 Å². The minimum atomic E-state index is -2.14. The van der Waals surface area contributed by atoms with Crippen molar-refractivity contribution >= 4 is 0 Å². The minimum Gasteiger partial charge on any atom is -0.328 e. The van der Waals surface area contributed by atoms with E-state index < -0.39 is 34.6 Å². The van der Waals surface area contributed by atoms with Crippen LogP contribution in [0.25, 0.3) is 0 Å². The Morgan fingerprint density at radius 2 is 1.25 bits per heavy atom.